The Morgan fingerprint density at radius 2 is 1.87 bits per heavy atom. The number of para-hydroxylation sites is 1. The zero-order valence-corrected chi connectivity index (χ0v) is 19.9. The summed E-state index contributed by atoms with van der Waals surface area (Å²) in [5.41, 5.74) is 6.90. The second kappa shape index (κ2) is 10.1. The standard InChI is InChI=1S/C24H40N4O3/c1-17(22(31)26-15-23(2,3)4)12-20(29)19(25)13-27-14-21(30)28(16-24(27,5)6)18-10-8-7-9-11-18/h7-11,17,19-20,29H,12-16,25H2,1-6H3,(H,26,31)/t17-,19+,20+/m1/s1. The van der Waals surface area contributed by atoms with Gasteiger partial charge in [-0.3, -0.25) is 14.5 Å². The first-order valence-corrected chi connectivity index (χ1v) is 11.1. The fraction of sp³-hybridized carbons (Fsp3) is 0.667. The van der Waals surface area contributed by atoms with Crippen LogP contribution in [-0.4, -0.2) is 65.7 Å². The molecule has 2 rings (SSSR count). The van der Waals surface area contributed by atoms with E-state index in [0.29, 0.717) is 19.6 Å². The number of amides is 2. The lowest BCUT2D eigenvalue weighted by Gasteiger charge is -2.47. The molecule has 31 heavy (non-hydrogen) atoms. The molecule has 0 saturated carbocycles. The average molecular weight is 433 g/mol. The molecule has 0 radical (unpaired) electrons. The monoisotopic (exact) mass is 432 g/mol. The zero-order chi connectivity index (χ0) is 23.4. The van der Waals surface area contributed by atoms with Gasteiger partial charge in [-0.15, -0.1) is 0 Å². The lowest BCUT2D eigenvalue weighted by Crippen LogP contribution is -2.64. The van der Waals surface area contributed by atoms with Crippen molar-refractivity contribution in [2.75, 3.05) is 31.1 Å². The van der Waals surface area contributed by atoms with E-state index < -0.39 is 12.1 Å². The van der Waals surface area contributed by atoms with E-state index in [9.17, 15) is 14.7 Å². The first-order chi connectivity index (χ1) is 14.3. The Labute approximate surface area is 187 Å². The largest absolute Gasteiger partial charge is 0.391 e. The van der Waals surface area contributed by atoms with Crippen molar-refractivity contribution in [3.05, 3.63) is 30.3 Å². The van der Waals surface area contributed by atoms with Gasteiger partial charge >= 0.3 is 0 Å². The number of nitrogens with two attached hydrogens (primary N) is 1. The molecule has 1 aromatic rings. The van der Waals surface area contributed by atoms with Gasteiger partial charge in [-0.1, -0.05) is 45.9 Å². The highest BCUT2D eigenvalue weighted by Gasteiger charge is 2.39. The van der Waals surface area contributed by atoms with Gasteiger partial charge in [-0.05, 0) is 37.8 Å². The maximum absolute atomic E-state index is 12.8. The third-order valence-corrected chi connectivity index (χ3v) is 5.86. The van der Waals surface area contributed by atoms with Crippen molar-refractivity contribution in [1.29, 1.82) is 0 Å². The predicted molar refractivity (Wildman–Crippen MR) is 125 cm³/mol. The van der Waals surface area contributed by atoms with Crippen molar-refractivity contribution in [1.82, 2.24) is 10.2 Å². The summed E-state index contributed by atoms with van der Waals surface area (Å²) >= 11 is 0. The number of carbonyl (C=O) groups excluding carboxylic acids is 2. The Bertz CT molecular complexity index is 745. The minimum atomic E-state index is -0.826. The SMILES string of the molecule is C[C@H](C[C@H](O)[C@@H](N)CN1CC(=O)N(c2ccccc2)CC1(C)C)C(=O)NCC(C)(C)C. The summed E-state index contributed by atoms with van der Waals surface area (Å²) in [6, 6.07) is 9.10. The van der Waals surface area contributed by atoms with Gasteiger partial charge in [0, 0.05) is 42.8 Å². The number of anilines is 1. The molecule has 0 aliphatic carbocycles. The summed E-state index contributed by atoms with van der Waals surface area (Å²) in [4.78, 5) is 29.0. The quantitative estimate of drug-likeness (QED) is 0.583. The van der Waals surface area contributed by atoms with Crippen LogP contribution in [0.3, 0.4) is 0 Å². The van der Waals surface area contributed by atoms with E-state index in [1.807, 2.05) is 35.2 Å². The van der Waals surface area contributed by atoms with Crippen LogP contribution in [0.15, 0.2) is 30.3 Å². The topological polar surface area (TPSA) is 98.9 Å². The second-order valence-electron chi connectivity index (χ2n) is 10.7. The Morgan fingerprint density at radius 1 is 1.26 bits per heavy atom. The molecule has 3 atom stereocenters. The van der Waals surface area contributed by atoms with Gasteiger partial charge in [0.1, 0.15) is 0 Å². The molecule has 1 aromatic carbocycles. The highest BCUT2D eigenvalue weighted by Crippen LogP contribution is 2.26. The molecule has 0 bridgehead atoms. The van der Waals surface area contributed by atoms with E-state index in [4.69, 9.17) is 5.73 Å². The van der Waals surface area contributed by atoms with Gasteiger partial charge in [0.25, 0.3) is 0 Å². The maximum atomic E-state index is 12.8. The Balaban J connectivity index is 1.92. The Morgan fingerprint density at radius 3 is 2.45 bits per heavy atom. The van der Waals surface area contributed by atoms with Crippen LogP contribution in [0.5, 0.6) is 0 Å². The number of carbonyl (C=O) groups is 2. The fourth-order valence-electron chi connectivity index (χ4n) is 3.74. The molecule has 1 aliphatic rings. The lowest BCUT2D eigenvalue weighted by molar-refractivity contribution is -0.126. The first kappa shape index (κ1) is 25.3. The van der Waals surface area contributed by atoms with Crippen molar-refractivity contribution in [2.45, 2.75) is 65.6 Å². The van der Waals surface area contributed by atoms with E-state index in [0.717, 1.165) is 5.69 Å². The normalized spacial score (nSPS) is 20.3. The number of piperazine rings is 1. The van der Waals surface area contributed by atoms with Crippen molar-refractivity contribution < 1.29 is 14.7 Å². The highest BCUT2D eigenvalue weighted by molar-refractivity contribution is 5.95. The molecular formula is C24H40N4O3. The van der Waals surface area contributed by atoms with E-state index in [-0.39, 0.29) is 41.7 Å². The molecule has 2 amide bonds. The summed E-state index contributed by atoms with van der Waals surface area (Å²) in [5.74, 6) is -0.400. The maximum Gasteiger partial charge on any atom is 0.241 e. The molecule has 1 fully saturated rings. The number of nitrogens with zero attached hydrogens (tertiary/aromatic N) is 2. The molecule has 174 valence electrons. The van der Waals surface area contributed by atoms with E-state index >= 15 is 0 Å². The average Bonchev–Trinajstić information content (AvgIpc) is 2.68. The molecule has 7 heteroatoms. The van der Waals surface area contributed by atoms with Crippen LogP contribution in [0.25, 0.3) is 0 Å². The molecule has 0 unspecified atom stereocenters. The van der Waals surface area contributed by atoms with Crippen LogP contribution in [0, 0.1) is 11.3 Å². The number of aliphatic hydroxyl groups is 1. The van der Waals surface area contributed by atoms with Gasteiger partial charge in [-0.2, -0.15) is 0 Å². The van der Waals surface area contributed by atoms with Crippen LogP contribution < -0.4 is 16.0 Å². The minimum Gasteiger partial charge on any atom is -0.391 e. The van der Waals surface area contributed by atoms with Gasteiger partial charge in [0.2, 0.25) is 11.8 Å². The van der Waals surface area contributed by atoms with Crippen molar-refractivity contribution >= 4 is 17.5 Å². The molecule has 7 nitrogen and oxygen atoms in total. The predicted octanol–water partition coefficient (Wildman–Crippen LogP) is 1.99. The van der Waals surface area contributed by atoms with Crippen LogP contribution in [0.2, 0.25) is 0 Å². The lowest BCUT2D eigenvalue weighted by atomic mass is 9.93. The van der Waals surface area contributed by atoms with E-state index in [2.05, 4.69) is 39.9 Å². The third-order valence-electron chi connectivity index (χ3n) is 5.86. The molecule has 0 aromatic heterocycles. The summed E-state index contributed by atoms with van der Waals surface area (Å²) in [7, 11) is 0. The number of hydrogen-bond donors (Lipinski definition) is 3. The van der Waals surface area contributed by atoms with Crippen LogP contribution in [0.1, 0.15) is 48.0 Å². The number of hydrogen-bond acceptors (Lipinski definition) is 5. The smallest absolute Gasteiger partial charge is 0.241 e. The van der Waals surface area contributed by atoms with Crippen molar-refractivity contribution in [3.8, 4) is 0 Å². The van der Waals surface area contributed by atoms with Gasteiger partial charge in [-0.25, -0.2) is 0 Å². The fourth-order valence-corrected chi connectivity index (χ4v) is 3.74. The molecule has 1 aliphatic heterocycles. The van der Waals surface area contributed by atoms with Gasteiger partial charge < -0.3 is 21.1 Å². The van der Waals surface area contributed by atoms with E-state index in [1.54, 1.807) is 11.8 Å². The van der Waals surface area contributed by atoms with Crippen LogP contribution in [-0.2, 0) is 9.59 Å². The zero-order valence-electron chi connectivity index (χ0n) is 19.9. The summed E-state index contributed by atoms with van der Waals surface area (Å²) in [5, 5.41) is 13.6. The molecule has 4 N–H and O–H groups in total. The number of nitrogens with one attached hydrogen (secondary N) is 1. The number of aliphatic hydroxyl groups excluding tert-OH is 1. The molecule has 1 heterocycles. The first-order valence-electron chi connectivity index (χ1n) is 11.1. The third kappa shape index (κ3) is 7.30. The van der Waals surface area contributed by atoms with E-state index in [1.165, 1.54) is 0 Å². The summed E-state index contributed by atoms with van der Waals surface area (Å²) < 4.78 is 0. The molecule has 0 spiro atoms. The summed E-state index contributed by atoms with van der Waals surface area (Å²) in [6.07, 6.45) is -0.538. The second-order valence-corrected chi connectivity index (χ2v) is 10.7. The highest BCUT2D eigenvalue weighted by atomic mass is 16.3. The van der Waals surface area contributed by atoms with Crippen molar-refractivity contribution in [2.24, 2.45) is 17.1 Å². The van der Waals surface area contributed by atoms with Crippen LogP contribution in [0.4, 0.5) is 5.69 Å². The molecule has 1 saturated heterocycles. The number of rotatable bonds is 8. The number of benzene rings is 1. The minimum absolute atomic E-state index is 0.00438. The Hall–Kier alpha value is -1.96. The van der Waals surface area contributed by atoms with Crippen molar-refractivity contribution in [3.63, 3.8) is 0 Å². The molecular weight excluding hydrogens is 392 g/mol. The summed E-state index contributed by atoms with van der Waals surface area (Å²) in [6.45, 7) is 13.9. The van der Waals surface area contributed by atoms with Gasteiger partial charge in [0.15, 0.2) is 0 Å². The van der Waals surface area contributed by atoms with Gasteiger partial charge in [0.05, 0.1) is 12.6 Å². The Kier molecular flexibility index (Phi) is 8.25. The van der Waals surface area contributed by atoms with Crippen LogP contribution >= 0.6 is 0 Å².